The van der Waals surface area contributed by atoms with Crippen LogP contribution in [-0.4, -0.2) is 35.1 Å². The second-order valence-electron chi connectivity index (χ2n) is 6.25. The van der Waals surface area contributed by atoms with Gasteiger partial charge in [0.05, 0.1) is 23.2 Å². The van der Waals surface area contributed by atoms with Crippen molar-refractivity contribution >= 4 is 23.9 Å². The summed E-state index contributed by atoms with van der Waals surface area (Å²) in [5, 5.41) is 10.7. The van der Waals surface area contributed by atoms with E-state index >= 15 is 0 Å². The highest BCUT2D eigenvalue weighted by molar-refractivity contribution is 6.14. The first-order chi connectivity index (χ1) is 11.4. The quantitative estimate of drug-likeness (QED) is 0.588. The van der Waals surface area contributed by atoms with Gasteiger partial charge in [-0.2, -0.15) is 0 Å². The maximum absolute atomic E-state index is 12.0. The lowest BCUT2D eigenvalue weighted by atomic mass is 9.80. The summed E-state index contributed by atoms with van der Waals surface area (Å²) in [7, 11) is 0. The predicted octanol–water partition coefficient (Wildman–Crippen LogP) is 0.809. The highest BCUT2D eigenvalue weighted by Gasteiger charge is 2.48. The van der Waals surface area contributed by atoms with Crippen molar-refractivity contribution in [3.63, 3.8) is 0 Å². The molecule has 0 aromatic carbocycles. The number of aliphatic hydroxyl groups is 1. The number of carbonyl (C=O) groups excluding carboxylic acids is 4. The molecule has 2 heterocycles. The lowest BCUT2D eigenvalue weighted by Crippen LogP contribution is -2.31. The summed E-state index contributed by atoms with van der Waals surface area (Å²) in [4.78, 5) is 48.0. The number of hydrogen-bond acceptors (Lipinski definition) is 7. The molecule has 1 N–H and O–H groups in total. The Morgan fingerprint density at radius 1 is 1.04 bits per heavy atom. The average Bonchev–Trinajstić information content (AvgIpc) is 2.97. The normalized spacial score (nSPS) is 33.2. The van der Waals surface area contributed by atoms with Crippen molar-refractivity contribution in [1.29, 1.82) is 0 Å². The van der Waals surface area contributed by atoms with E-state index in [4.69, 9.17) is 4.74 Å². The van der Waals surface area contributed by atoms with Crippen LogP contribution in [0.2, 0.25) is 0 Å². The minimum Gasteiger partial charge on any atom is -0.389 e. The maximum Gasteiger partial charge on any atom is 0.345 e. The van der Waals surface area contributed by atoms with Crippen molar-refractivity contribution in [2.45, 2.75) is 39.2 Å². The molecule has 24 heavy (non-hydrogen) atoms. The molecule has 1 aliphatic carbocycles. The van der Waals surface area contributed by atoms with Gasteiger partial charge in [-0.3, -0.25) is 4.79 Å². The van der Waals surface area contributed by atoms with E-state index in [1.165, 1.54) is 0 Å². The summed E-state index contributed by atoms with van der Waals surface area (Å²) >= 11 is 0. The molecule has 0 bridgehead atoms. The number of rotatable bonds is 2. The van der Waals surface area contributed by atoms with Crippen LogP contribution in [0.25, 0.3) is 0 Å². The average molecular weight is 334 g/mol. The lowest BCUT2D eigenvalue weighted by Gasteiger charge is -2.27. The molecule has 0 radical (unpaired) electrons. The van der Waals surface area contributed by atoms with Crippen LogP contribution in [0.4, 0.5) is 0 Å². The zero-order chi connectivity index (χ0) is 17.6. The molecular formula is C17H18O7. The molecule has 1 saturated heterocycles. The van der Waals surface area contributed by atoms with Gasteiger partial charge >= 0.3 is 23.9 Å². The first-order valence-corrected chi connectivity index (χ1v) is 8.04. The van der Waals surface area contributed by atoms with Crippen LogP contribution >= 0.6 is 0 Å². The molecule has 0 amide bonds. The van der Waals surface area contributed by atoms with Gasteiger partial charge in [-0.1, -0.05) is 19.9 Å². The minimum atomic E-state index is -1.18. The molecule has 3 rings (SSSR count). The second-order valence-corrected chi connectivity index (χ2v) is 6.25. The van der Waals surface area contributed by atoms with Crippen LogP contribution in [0.1, 0.15) is 33.1 Å². The maximum atomic E-state index is 12.0. The van der Waals surface area contributed by atoms with Crippen LogP contribution in [0.5, 0.6) is 0 Å². The summed E-state index contributed by atoms with van der Waals surface area (Å²) in [5.41, 5.74) is 0.0655. The minimum absolute atomic E-state index is 0.0368. The van der Waals surface area contributed by atoms with Crippen molar-refractivity contribution < 1.29 is 33.8 Å². The third-order valence-electron chi connectivity index (χ3n) is 5.06. The van der Waals surface area contributed by atoms with E-state index in [0.717, 1.165) is 0 Å². The first kappa shape index (κ1) is 16.6. The lowest BCUT2D eigenvalue weighted by molar-refractivity contribution is -0.153. The van der Waals surface area contributed by atoms with Gasteiger partial charge < -0.3 is 14.6 Å². The largest absolute Gasteiger partial charge is 0.389 e. The molecule has 128 valence electrons. The van der Waals surface area contributed by atoms with E-state index < -0.39 is 35.9 Å². The number of carbonyl (C=O) groups is 4. The Bertz CT molecular complexity index is 700. The van der Waals surface area contributed by atoms with Crippen molar-refractivity contribution in [1.82, 2.24) is 0 Å². The molecule has 7 heteroatoms. The Morgan fingerprint density at radius 3 is 2.38 bits per heavy atom. The number of aliphatic hydroxyl groups excluding tert-OH is 1. The Balaban J connectivity index is 2.19. The Kier molecular flexibility index (Phi) is 4.13. The van der Waals surface area contributed by atoms with Crippen molar-refractivity contribution in [3.8, 4) is 0 Å². The summed E-state index contributed by atoms with van der Waals surface area (Å²) in [6, 6.07) is 0. The van der Waals surface area contributed by atoms with Crippen LogP contribution in [0, 0.1) is 17.8 Å². The molecule has 0 aromatic rings. The molecule has 3 aliphatic rings. The smallest absolute Gasteiger partial charge is 0.345 e. The third-order valence-corrected chi connectivity index (χ3v) is 5.06. The number of allylic oxidation sites excluding steroid dienone is 1. The fourth-order valence-electron chi connectivity index (χ4n) is 3.75. The fourth-order valence-corrected chi connectivity index (χ4v) is 3.75. The monoisotopic (exact) mass is 334 g/mol. The Hall–Kier alpha value is -2.28. The van der Waals surface area contributed by atoms with Gasteiger partial charge in [-0.05, 0) is 31.1 Å². The summed E-state index contributed by atoms with van der Waals surface area (Å²) in [5.74, 6) is -4.79. The third kappa shape index (κ3) is 2.39. The van der Waals surface area contributed by atoms with Crippen LogP contribution in [-0.2, 0) is 28.7 Å². The van der Waals surface area contributed by atoms with Gasteiger partial charge in [-0.25, -0.2) is 14.4 Å². The van der Waals surface area contributed by atoms with Gasteiger partial charge in [-0.15, -0.1) is 0 Å². The highest BCUT2D eigenvalue weighted by Crippen LogP contribution is 2.40. The number of fused-ring (bicyclic) bond motifs is 1. The zero-order valence-electron chi connectivity index (χ0n) is 13.4. The van der Waals surface area contributed by atoms with Crippen molar-refractivity contribution in [2.75, 3.05) is 0 Å². The molecule has 2 aliphatic heterocycles. The number of cyclic esters (lactones) is 4. The topological polar surface area (TPSA) is 107 Å². The summed E-state index contributed by atoms with van der Waals surface area (Å²) < 4.78 is 9.33. The van der Waals surface area contributed by atoms with Gasteiger partial charge in [0.25, 0.3) is 0 Å². The Morgan fingerprint density at radius 2 is 1.75 bits per heavy atom. The molecule has 0 saturated carbocycles. The summed E-state index contributed by atoms with van der Waals surface area (Å²) in [6.45, 7) is 3.74. The Labute approximate surface area is 138 Å². The van der Waals surface area contributed by atoms with E-state index in [9.17, 15) is 24.3 Å². The summed E-state index contributed by atoms with van der Waals surface area (Å²) in [6.07, 6.45) is 1.41. The van der Waals surface area contributed by atoms with E-state index in [0.29, 0.717) is 12.8 Å². The molecule has 7 nitrogen and oxygen atoms in total. The number of esters is 4. The highest BCUT2D eigenvalue weighted by atomic mass is 16.6. The van der Waals surface area contributed by atoms with Gasteiger partial charge in [0.15, 0.2) is 0 Å². The SMILES string of the molecule is CCC1C=C2C(=O)OC(=O)C2CC2=C(C(=O)OC2=O)C(O)C1CC. The molecule has 1 fully saturated rings. The van der Waals surface area contributed by atoms with Gasteiger partial charge in [0.2, 0.25) is 0 Å². The molecule has 4 unspecified atom stereocenters. The van der Waals surface area contributed by atoms with Crippen LogP contribution in [0.15, 0.2) is 22.8 Å². The van der Waals surface area contributed by atoms with Crippen molar-refractivity contribution in [3.05, 3.63) is 22.8 Å². The first-order valence-electron chi connectivity index (χ1n) is 8.04. The van der Waals surface area contributed by atoms with Crippen molar-refractivity contribution in [2.24, 2.45) is 17.8 Å². The zero-order valence-corrected chi connectivity index (χ0v) is 13.4. The van der Waals surface area contributed by atoms with E-state index in [2.05, 4.69) is 4.74 Å². The number of hydrogen-bond donors (Lipinski definition) is 1. The second kappa shape index (κ2) is 5.98. The van der Waals surface area contributed by atoms with E-state index in [1.54, 1.807) is 6.08 Å². The van der Waals surface area contributed by atoms with E-state index in [-0.39, 0.29) is 35.0 Å². The number of ether oxygens (including phenoxy) is 2. The fraction of sp³-hybridized carbons (Fsp3) is 0.529. The van der Waals surface area contributed by atoms with Gasteiger partial charge in [0, 0.05) is 5.57 Å². The molecule has 0 spiro atoms. The molecular weight excluding hydrogens is 316 g/mol. The molecule has 4 atom stereocenters. The van der Waals surface area contributed by atoms with Gasteiger partial charge in [0.1, 0.15) is 0 Å². The van der Waals surface area contributed by atoms with E-state index in [1.807, 2.05) is 13.8 Å². The van der Waals surface area contributed by atoms with Crippen LogP contribution < -0.4 is 0 Å². The molecule has 0 aromatic heterocycles. The van der Waals surface area contributed by atoms with Crippen LogP contribution in [0.3, 0.4) is 0 Å². The standard InChI is InChI=1S/C17H18O7/c1-3-7-5-9-10(15(20)23-14(9)19)6-11-12(13(18)8(7)4-2)17(22)24-16(11)21/h5,7-8,10,13,18H,3-4,6H2,1-2H3. The predicted molar refractivity (Wildman–Crippen MR) is 79.0 cm³/mol.